The molecule has 0 bridgehead atoms. The number of carbonyl (C=O) groups excluding carboxylic acids is 1. The fourth-order valence-corrected chi connectivity index (χ4v) is 5.27. The monoisotopic (exact) mass is 332 g/mol. The summed E-state index contributed by atoms with van der Waals surface area (Å²) in [5, 5.41) is 12.3. The van der Waals surface area contributed by atoms with Gasteiger partial charge in [-0.2, -0.15) is 11.8 Å². The predicted molar refractivity (Wildman–Crippen MR) is 87.9 cm³/mol. The van der Waals surface area contributed by atoms with Crippen molar-refractivity contribution in [3.63, 3.8) is 0 Å². The molecule has 1 saturated heterocycles. The Labute approximate surface area is 134 Å². The van der Waals surface area contributed by atoms with Crippen LogP contribution in [0.5, 0.6) is 0 Å². The van der Waals surface area contributed by atoms with Crippen molar-refractivity contribution in [3.05, 3.63) is 0 Å². The average molecular weight is 332 g/mol. The minimum Gasteiger partial charge on any atom is -0.480 e. The largest absolute Gasteiger partial charge is 0.480 e. The van der Waals surface area contributed by atoms with E-state index in [0.29, 0.717) is 12.3 Å². The van der Waals surface area contributed by atoms with E-state index in [1.165, 1.54) is 6.42 Å². The number of urea groups is 1. The lowest BCUT2D eigenvalue weighted by molar-refractivity contribution is -0.141. The number of amides is 2. The van der Waals surface area contributed by atoms with E-state index in [-0.39, 0.29) is 16.2 Å². The van der Waals surface area contributed by atoms with Gasteiger partial charge in [-0.25, -0.2) is 9.59 Å². The maximum absolute atomic E-state index is 12.5. The van der Waals surface area contributed by atoms with Gasteiger partial charge in [0.25, 0.3) is 0 Å². The van der Waals surface area contributed by atoms with Crippen molar-refractivity contribution in [2.75, 3.05) is 18.6 Å². The molecule has 0 spiro atoms. The molecule has 5 nitrogen and oxygen atoms in total. The third-order valence-corrected chi connectivity index (χ3v) is 7.18. The molecule has 2 rings (SSSR count). The Morgan fingerprint density at radius 3 is 2.67 bits per heavy atom. The van der Waals surface area contributed by atoms with Gasteiger partial charge >= 0.3 is 12.0 Å². The van der Waals surface area contributed by atoms with Gasteiger partial charge in [-0.15, -0.1) is 11.8 Å². The van der Waals surface area contributed by atoms with Gasteiger partial charge in [0.1, 0.15) is 6.04 Å². The summed E-state index contributed by atoms with van der Waals surface area (Å²) in [5.74, 6) is -0.416. The molecule has 0 aromatic carbocycles. The van der Waals surface area contributed by atoms with Crippen LogP contribution in [0.2, 0.25) is 0 Å². The van der Waals surface area contributed by atoms with E-state index in [4.69, 9.17) is 0 Å². The lowest BCUT2D eigenvalue weighted by atomic mass is 9.84. The lowest BCUT2D eigenvalue weighted by Crippen LogP contribution is -2.54. The number of carbonyl (C=O) groups is 2. The number of hydrogen-bond donors (Lipinski definition) is 2. The Kier molecular flexibility index (Phi) is 5.71. The van der Waals surface area contributed by atoms with Crippen LogP contribution < -0.4 is 5.32 Å². The van der Waals surface area contributed by atoms with Crippen LogP contribution in [0.3, 0.4) is 0 Å². The van der Waals surface area contributed by atoms with Crippen molar-refractivity contribution < 1.29 is 14.7 Å². The van der Waals surface area contributed by atoms with Gasteiger partial charge in [-0.05, 0) is 25.5 Å². The highest BCUT2D eigenvalue weighted by molar-refractivity contribution is 8.00. The molecule has 1 heterocycles. The predicted octanol–water partition coefficient (Wildman–Crippen LogP) is 2.61. The molecule has 1 aliphatic heterocycles. The number of nitrogens with one attached hydrogen (secondary N) is 1. The number of aliphatic carboxylic acids is 1. The zero-order valence-electron chi connectivity index (χ0n) is 12.6. The van der Waals surface area contributed by atoms with Gasteiger partial charge in [0.2, 0.25) is 0 Å². The van der Waals surface area contributed by atoms with E-state index in [1.807, 2.05) is 0 Å². The van der Waals surface area contributed by atoms with E-state index >= 15 is 0 Å². The number of hydrogen-bond acceptors (Lipinski definition) is 4. The summed E-state index contributed by atoms with van der Waals surface area (Å²) >= 11 is 3.38. The molecule has 2 N–H and O–H groups in total. The van der Waals surface area contributed by atoms with Crippen LogP contribution in [0.25, 0.3) is 0 Å². The van der Waals surface area contributed by atoms with Crippen LogP contribution in [0.15, 0.2) is 0 Å². The molecule has 1 saturated carbocycles. The maximum atomic E-state index is 12.5. The van der Waals surface area contributed by atoms with Gasteiger partial charge in [0.15, 0.2) is 0 Å². The molecule has 2 fully saturated rings. The minimum absolute atomic E-state index is 0.0114. The van der Waals surface area contributed by atoms with Crippen molar-refractivity contribution in [2.24, 2.45) is 0 Å². The first-order valence-corrected chi connectivity index (χ1v) is 9.76. The van der Waals surface area contributed by atoms with Gasteiger partial charge < -0.3 is 10.4 Å². The lowest BCUT2D eigenvalue weighted by Gasteiger charge is -2.41. The quantitative estimate of drug-likeness (QED) is 0.782. The molecule has 0 radical (unpaired) electrons. The van der Waals surface area contributed by atoms with Crippen LogP contribution in [-0.2, 0) is 4.79 Å². The summed E-state index contributed by atoms with van der Waals surface area (Å²) < 4.78 is 0.168. The maximum Gasteiger partial charge on any atom is 0.327 e. The summed E-state index contributed by atoms with van der Waals surface area (Å²) in [7, 11) is 0. The van der Waals surface area contributed by atoms with Crippen LogP contribution in [-0.4, -0.2) is 56.7 Å². The molecule has 21 heavy (non-hydrogen) atoms. The van der Waals surface area contributed by atoms with E-state index < -0.39 is 12.0 Å². The third-order valence-electron chi connectivity index (χ3n) is 4.41. The molecular weight excluding hydrogens is 308 g/mol. The summed E-state index contributed by atoms with van der Waals surface area (Å²) in [6.07, 6.45) is 7.34. The molecular formula is C14H24N2O3S2. The molecule has 2 amide bonds. The number of rotatable bonds is 6. The van der Waals surface area contributed by atoms with Gasteiger partial charge in [0.05, 0.1) is 5.37 Å². The van der Waals surface area contributed by atoms with E-state index in [1.54, 1.807) is 28.4 Å². The highest BCUT2D eigenvalue weighted by Gasteiger charge is 2.42. The van der Waals surface area contributed by atoms with Gasteiger partial charge in [0, 0.05) is 17.0 Å². The molecule has 7 heteroatoms. The molecule has 0 aromatic heterocycles. The normalized spacial score (nSPS) is 27.2. The Morgan fingerprint density at radius 1 is 1.48 bits per heavy atom. The van der Waals surface area contributed by atoms with Crippen molar-refractivity contribution in [3.8, 4) is 0 Å². The highest BCUT2D eigenvalue weighted by atomic mass is 32.2. The molecule has 2 atom stereocenters. The van der Waals surface area contributed by atoms with Crippen molar-refractivity contribution in [1.82, 2.24) is 10.2 Å². The zero-order chi connectivity index (χ0) is 15.5. The smallest absolute Gasteiger partial charge is 0.327 e. The SMILES string of the molecule is CCCC1SCC(C(=O)O)N1C(=O)NCC1(SC)CCC1. The van der Waals surface area contributed by atoms with Crippen molar-refractivity contribution in [1.29, 1.82) is 0 Å². The second-order valence-corrected chi connectivity index (χ2v) is 8.22. The molecule has 120 valence electrons. The van der Waals surface area contributed by atoms with Gasteiger partial charge in [-0.3, -0.25) is 4.90 Å². The second kappa shape index (κ2) is 7.13. The summed E-state index contributed by atoms with van der Waals surface area (Å²) in [6, 6.07) is -0.913. The summed E-state index contributed by atoms with van der Waals surface area (Å²) in [5.41, 5.74) is 0. The first-order chi connectivity index (χ1) is 10.0. The summed E-state index contributed by atoms with van der Waals surface area (Å²) in [6.45, 7) is 2.70. The van der Waals surface area contributed by atoms with E-state index in [2.05, 4.69) is 18.5 Å². The first-order valence-electron chi connectivity index (χ1n) is 7.49. The van der Waals surface area contributed by atoms with E-state index in [0.717, 1.165) is 25.7 Å². The third kappa shape index (κ3) is 3.62. The Balaban J connectivity index is 1.97. The highest BCUT2D eigenvalue weighted by Crippen LogP contribution is 2.42. The van der Waals surface area contributed by atoms with Crippen LogP contribution >= 0.6 is 23.5 Å². The van der Waals surface area contributed by atoms with Crippen LogP contribution in [0.1, 0.15) is 39.0 Å². The van der Waals surface area contributed by atoms with Crippen LogP contribution in [0.4, 0.5) is 4.79 Å². The van der Waals surface area contributed by atoms with Gasteiger partial charge in [-0.1, -0.05) is 19.8 Å². The number of thioether (sulfide) groups is 2. The number of carboxylic acids is 1. The molecule has 1 aliphatic carbocycles. The first kappa shape index (κ1) is 16.8. The van der Waals surface area contributed by atoms with Crippen molar-refractivity contribution >= 4 is 35.5 Å². The number of nitrogens with zero attached hydrogens (tertiary/aromatic N) is 1. The Morgan fingerprint density at radius 2 is 2.19 bits per heavy atom. The fraction of sp³-hybridized carbons (Fsp3) is 0.857. The summed E-state index contributed by atoms with van der Waals surface area (Å²) in [4.78, 5) is 25.4. The minimum atomic E-state index is -0.903. The topological polar surface area (TPSA) is 69.6 Å². The average Bonchev–Trinajstić information content (AvgIpc) is 2.82. The Bertz CT molecular complexity index is 396. The second-order valence-electron chi connectivity index (χ2n) is 5.74. The van der Waals surface area contributed by atoms with Crippen LogP contribution in [0, 0.1) is 0 Å². The molecule has 0 aromatic rings. The van der Waals surface area contributed by atoms with Crippen molar-refractivity contribution in [2.45, 2.75) is 55.2 Å². The number of carboxylic acid groups (broad SMARTS) is 1. The standard InChI is InChI=1S/C14H24N2O3S2/c1-3-5-11-16(10(8-21-11)12(17)18)13(19)15-9-14(20-2)6-4-7-14/h10-11H,3-9H2,1-2H3,(H,15,19)(H,17,18). The molecule has 2 unspecified atom stereocenters. The van der Waals surface area contributed by atoms with E-state index in [9.17, 15) is 14.7 Å². The molecule has 2 aliphatic rings. The fourth-order valence-electron chi connectivity index (χ4n) is 2.85. The Hall–Kier alpha value is -0.560. The zero-order valence-corrected chi connectivity index (χ0v) is 14.3.